The maximum atomic E-state index is 13.6. The molecule has 4 nitrogen and oxygen atoms in total. The zero-order chi connectivity index (χ0) is 15.6. The molecule has 0 atom stereocenters. The second-order valence-electron chi connectivity index (χ2n) is 4.08. The van der Waals surface area contributed by atoms with Crippen molar-refractivity contribution in [3.63, 3.8) is 0 Å². The molecule has 0 bridgehead atoms. The summed E-state index contributed by atoms with van der Waals surface area (Å²) < 4.78 is 53.2. The highest BCUT2D eigenvalue weighted by Gasteiger charge is 2.21. The van der Waals surface area contributed by atoms with Gasteiger partial charge in [0.2, 0.25) is 0 Å². The van der Waals surface area contributed by atoms with Crippen molar-refractivity contribution >= 4 is 11.4 Å². The predicted octanol–water partition coefficient (Wildman–Crippen LogP) is 3.76. The molecule has 0 amide bonds. The van der Waals surface area contributed by atoms with Gasteiger partial charge in [-0.15, -0.1) is 0 Å². The zero-order valence-corrected chi connectivity index (χ0v) is 10.4. The van der Waals surface area contributed by atoms with Crippen molar-refractivity contribution in [3.8, 4) is 0 Å². The second-order valence-corrected chi connectivity index (χ2v) is 4.08. The molecule has 8 heteroatoms. The lowest BCUT2D eigenvalue weighted by Crippen LogP contribution is -2.08. The summed E-state index contributed by atoms with van der Waals surface area (Å²) in [6.45, 7) is -0.440. The molecule has 21 heavy (non-hydrogen) atoms. The summed E-state index contributed by atoms with van der Waals surface area (Å²) in [4.78, 5) is 9.85. The van der Waals surface area contributed by atoms with Gasteiger partial charge in [0.25, 0.3) is 5.69 Å². The van der Waals surface area contributed by atoms with Gasteiger partial charge in [-0.1, -0.05) is 12.1 Å². The van der Waals surface area contributed by atoms with Crippen LogP contribution in [0.4, 0.5) is 28.9 Å². The normalized spacial score (nSPS) is 10.5. The molecule has 0 radical (unpaired) electrons. The van der Waals surface area contributed by atoms with Crippen molar-refractivity contribution in [2.75, 3.05) is 5.32 Å². The Labute approximate surface area is 116 Å². The third-order valence-electron chi connectivity index (χ3n) is 2.76. The van der Waals surface area contributed by atoms with E-state index in [1.807, 2.05) is 0 Å². The van der Waals surface area contributed by atoms with E-state index < -0.39 is 46.1 Å². The van der Waals surface area contributed by atoms with Gasteiger partial charge in [-0.3, -0.25) is 10.1 Å². The average Bonchev–Trinajstić information content (AvgIpc) is 2.44. The van der Waals surface area contributed by atoms with Gasteiger partial charge in [-0.05, 0) is 12.1 Å². The monoisotopic (exact) mass is 300 g/mol. The summed E-state index contributed by atoms with van der Waals surface area (Å²) in [5.41, 5.74) is -1.60. The standard InChI is InChI=1S/C13H8F4N2O2/c14-8-3-1-2-7(11(8)16)6-18-13-10(19(20)21)5-4-9(15)12(13)17/h1-5,18H,6H2. The van der Waals surface area contributed by atoms with E-state index in [4.69, 9.17) is 0 Å². The van der Waals surface area contributed by atoms with E-state index in [2.05, 4.69) is 5.32 Å². The first-order chi connectivity index (χ1) is 9.91. The Morgan fingerprint density at radius 1 is 1.00 bits per heavy atom. The fourth-order valence-corrected chi connectivity index (χ4v) is 1.73. The summed E-state index contributed by atoms with van der Waals surface area (Å²) in [5, 5.41) is 13.0. The number of hydrogen-bond acceptors (Lipinski definition) is 3. The van der Waals surface area contributed by atoms with Gasteiger partial charge in [-0.25, -0.2) is 17.6 Å². The quantitative estimate of drug-likeness (QED) is 0.531. The van der Waals surface area contributed by atoms with Gasteiger partial charge in [0.15, 0.2) is 29.0 Å². The van der Waals surface area contributed by atoms with E-state index >= 15 is 0 Å². The minimum Gasteiger partial charge on any atom is -0.373 e. The average molecular weight is 300 g/mol. The van der Waals surface area contributed by atoms with Crippen LogP contribution in [0.1, 0.15) is 5.56 Å². The molecule has 0 aliphatic carbocycles. The Morgan fingerprint density at radius 2 is 1.67 bits per heavy atom. The number of benzene rings is 2. The van der Waals surface area contributed by atoms with E-state index in [1.165, 1.54) is 12.1 Å². The Hall–Kier alpha value is -2.64. The third-order valence-corrected chi connectivity index (χ3v) is 2.76. The molecule has 0 aromatic heterocycles. The molecule has 0 unspecified atom stereocenters. The first-order valence-electron chi connectivity index (χ1n) is 5.71. The van der Waals surface area contributed by atoms with Crippen LogP contribution in [0.2, 0.25) is 0 Å². The SMILES string of the molecule is O=[N+]([O-])c1ccc(F)c(F)c1NCc1cccc(F)c1F. The molecule has 110 valence electrons. The third kappa shape index (κ3) is 2.93. The summed E-state index contributed by atoms with van der Waals surface area (Å²) in [7, 11) is 0. The highest BCUT2D eigenvalue weighted by molar-refractivity contribution is 5.62. The van der Waals surface area contributed by atoms with Gasteiger partial charge in [-0.2, -0.15) is 0 Å². The fourth-order valence-electron chi connectivity index (χ4n) is 1.73. The van der Waals surface area contributed by atoms with Crippen LogP contribution < -0.4 is 5.32 Å². The fraction of sp³-hybridized carbons (Fsp3) is 0.0769. The van der Waals surface area contributed by atoms with E-state index in [9.17, 15) is 27.7 Å². The lowest BCUT2D eigenvalue weighted by Gasteiger charge is -2.09. The molecule has 2 aromatic carbocycles. The molecule has 2 aromatic rings. The minimum atomic E-state index is -1.46. The molecule has 0 fully saturated rings. The highest BCUT2D eigenvalue weighted by Crippen LogP contribution is 2.29. The molecule has 0 aliphatic rings. The van der Waals surface area contributed by atoms with Crippen molar-refractivity contribution in [2.45, 2.75) is 6.54 Å². The molecule has 0 heterocycles. The smallest absolute Gasteiger partial charge is 0.295 e. The molecule has 0 aliphatic heterocycles. The molecule has 1 N–H and O–H groups in total. The number of nitrogens with zero attached hydrogens (tertiary/aromatic N) is 1. The van der Waals surface area contributed by atoms with Gasteiger partial charge >= 0.3 is 0 Å². The van der Waals surface area contributed by atoms with E-state index in [0.717, 1.165) is 12.1 Å². The number of hydrogen-bond donors (Lipinski definition) is 1. The van der Waals surface area contributed by atoms with Crippen LogP contribution >= 0.6 is 0 Å². The molecule has 0 saturated carbocycles. The summed E-state index contributed by atoms with van der Waals surface area (Å²) in [6, 6.07) is 4.73. The summed E-state index contributed by atoms with van der Waals surface area (Å²) in [6.07, 6.45) is 0. The van der Waals surface area contributed by atoms with E-state index in [-0.39, 0.29) is 5.56 Å². The number of nitro groups is 1. The van der Waals surface area contributed by atoms with Crippen LogP contribution in [0.15, 0.2) is 30.3 Å². The molecular formula is C13H8F4N2O2. The second kappa shape index (κ2) is 5.78. The molecule has 0 saturated heterocycles. The minimum absolute atomic E-state index is 0.173. The van der Waals surface area contributed by atoms with Crippen molar-refractivity contribution in [2.24, 2.45) is 0 Å². The lowest BCUT2D eigenvalue weighted by atomic mass is 10.2. The summed E-state index contributed by atoms with van der Waals surface area (Å²) >= 11 is 0. The van der Waals surface area contributed by atoms with E-state index in [0.29, 0.717) is 6.07 Å². The van der Waals surface area contributed by atoms with Gasteiger partial charge < -0.3 is 5.32 Å². The highest BCUT2D eigenvalue weighted by atomic mass is 19.2. The number of halogens is 4. The molecule has 0 spiro atoms. The van der Waals surface area contributed by atoms with Crippen LogP contribution in [0.5, 0.6) is 0 Å². The predicted molar refractivity (Wildman–Crippen MR) is 66.7 cm³/mol. The zero-order valence-electron chi connectivity index (χ0n) is 10.4. The van der Waals surface area contributed by atoms with Crippen molar-refractivity contribution < 1.29 is 22.5 Å². The van der Waals surface area contributed by atoms with Crippen LogP contribution in [-0.4, -0.2) is 4.92 Å². The lowest BCUT2D eigenvalue weighted by molar-refractivity contribution is -0.384. The molecular weight excluding hydrogens is 292 g/mol. The van der Waals surface area contributed by atoms with Crippen LogP contribution in [0, 0.1) is 33.4 Å². The summed E-state index contributed by atoms with van der Waals surface area (Å²) in [5.74, 6) is -5.02. The Morgan fingerprint density at radius 3 is 2.33 bits per heavy atom. The number of rotatable bonds is 4. The van der Waals surface area contributed by atoms with Crippen LogP contribution in [-0.2, 0) is 6.54 Å². The largest absolute Gasteiger partial charge is 0.373 e. The van der Waals surface area contributed by atoms with Gasteiger partial charge in [0.05, 0.1) is 4.92 Å². The van der Waals surface area contributed by atoms with Gasteiger partial charge in [0.1, 0.15) is 0 Å². The topological polar surface area (TPSA) is 55.2 Å². The van der Waals surface area contributed by atoms with Crippen LogP contribution in [0.3, 0.4) is 0 Å². The number of nitrogens with one attached hydrogen (secondary N) is 1. The van der Waals surface area contributed by atoms with Crippen molar-refractivity contribution in [1.29, 1.82) is 0 Å². The first kappa shape index (κ1) is 14.8. The van der Waals surface area contributed by atoms with Crippen LogP contribution in [0.25, 0.3) is 0 Å². The Bertz CT molecular complexity index is 707. The first-order valence-corrected chi connectivity index (χ1v) is 5.71. The maximum absolute atomic E-state index is 13.6. The Kier molecular flexibility index (Phi) is 4.06. The maximum Gasteiger partial charge on any atom is 0.295 e. The van der Waals surface area contributed by atoms with Crippen molar-refractivity contribution in [3.05, 3.63) is 69.3 Å². The Balaban J connectivity index is 2.33. The number of nitro benzene ring substituents is 1. The van der Waals surface area contributed by atoms with E-state index in [1.54, 1.807) is 0 Å². The van der Waals surface area contributed by atoms with Crippen molar-refractivity contribution in [1.82, 2.24) is 0 Å². The molecule has 2 rings (SSSR count). The number of anilines is 1. The van der Waals surface area contributed by atoms with Gasteiger partial charge in [0, 0.05) is 18.2 Å².